The van der Waals surface area contributed by atoms with Crippen molar-refractivity contribution in [1.82, 2.24) is 10.6 Å². The zero-order valence-corrected chi connectivity index (χ0v) is 13.7. The fraction of sp³-hybridized carbons (Fsp3) is 0.400. The zero-order valence-electron chi connectivity index (χ0n) is 13.7. The summed E-state index contributed by atoms with van der Waals surface area (Å²) in [6.45, 7) is 1.73. The van der Waals surface area contributed by atoms with Crippen LogP contribution in [0.15, 0.2) is 24.3 Å². The third kappa shape index (κ3) is 5.95. The molecular formula is C15H23N4O4+. The van der Waals surface area contributed by atoms with Gasteiger partial charge in [0.1, 0.15) is 5.75 Å². The Morgan fingerprint density at radius 2 is 2.00 bits per heavy atom. The van der Waals surface area contributed by atoms with E-state index in [4.69, 9.17) is 4.74 Å². The molecule has 0 saturated carbocycles. The van der Waals surface area contributed by atoms with Crippen molar-refractivity contribution in [2.24, 2.45) is 0 Å². The number of carbonyl (C=O) groups is 3. The van der Waals surface area contributed by atoms with Crippen molar-refractivity contribution < 1.29 is 24.0 Å². The summed E-state index contributed by atoms with van der Waals surface area (Å²) in [7, 11) is 4.68. The fourth-order valence-corrected chi connectivity index (χ4v) is 1.82. The number of anilines is 1. The monoisotopic (exact) mass is 323 g/mol. The SMILES string of the molecule is CNC(=O)NC(=O)[C@@H](C)[NH+](C)CC(=O)Nc1cccc(OC)c1. The van der Waals surface area contributed by atoms with Gasteiger partial charge in [0.15, 0.2) is 12.6 Å². The van der Waals surface area contributed by atoms with E-state index < -0.39 is 18.0 Å². The van der Waals surface area contributed by atoms with Crippen LogP contribution in [0.3, 0.4) is 0 Å². The largest absolute Gasteiger partial charge is 0.497 e. The molecule has 4 amide bonds. The Bertz CT molecular complexity index is 576. The first kappa shape index (κ1) is 18.4. The number of quaternary nitrogens is 1. The summed E-state index contributed by atoms with van der Waals surface area (Å²) < 4.78 is 5.09. The molecule has 0 saturated heterocycles. The van der Waals surface area contributed by atoms with Gasteiger partial charge in [0, 0.05) is 18.8 Å². The zero-order chi connectivity index (χ0) is 17.4. The minimum absolute atomic E-state index is 0.0829. The number of imide groups is 1. The molecule has 0 radical (unpaired) electrons. The molecule has 23 heavy (non-hydrogen) atoms. The van der Waals surface area contributed by atoms with Gasteiger partial charge < -0.3 is 20.3 Å². The predicted octanol–water partition coefficient (Wildman–Crippen LogP) is -1.01. The van der Waals surface area contributed by atoms with Gasteiger partial charge in [-0.25, -0.2) is 4.79 Å². The number of methoxy groups -OCH3 is 1. The van der Waals surface area contributed by atoms with Crippen LogP contribution in [0.2, 0.25) is 0 Å². The van der Waals surface area contributed by atoms with Gasteiger partial charge in [0.25, 0.3) is 11.8 Å². The number of nitrogens with one attached hydrogen (secondary N) is 4. The number of hydrogen-bond donors (Lipinski definition) is 4. The Balaban J connectivity index is 2.55. The number of amides is 4. The number of carbonyl (C=O) groups excluding carboxylic acids is 3. The second-order valence-corrected chi connectivity index (χ2v) is 5.09. The van der Waals surface area contributed by atoms with E-state index in [2.05, 4.69) is 16.0 Å². The summed E-state index contributed by atoms with van der Waals surface area (Å²) in [4.78, 5) is 35.7. The van der Waals surface area contributed by atoms with Gasteiger partial charge in [-0.2, -0.15) is 0 Å². The van der Waals surface area contributed by atoms with Crippen molar-refractivity contribution in [3.63, 3.8) is 0 Å². The van der Waals surface area contributed by atoms with Crippen LogP contribution in [-0.4, -0.2) is 51.6 Å². The molecular weight excluding hydrogens is 300 g/mol. The maximum atomic E-state index is 12.0. The second kappa shape index (κ2) is 8.74. The van der Waals surface area contributed by atoms with Crippen LogP contribution >= 0.6 is 0 Å². The van der Waals surface area contributed by atoms with Gasteiger partial charge in [0.2, 0.25) is 0 Å². The van der Waals surface area contributed by atoms with Crippen molar-refractivity contribution in [2.45, 2.75) is 13.0 Å². The van der Waals surface area contributed by atoms with Crippen LogP contribution in [0.5, 0.6) is 5.75 Å². The number of likely N-dealkylation sites (N-methyl/N-ethyl adjacent to an activating group) is 1. The van der Waals surface area contributed by atoms with E-state index in [-0.39, 0.29) is 12.5 Å². The van der Waals surface area contributed by atoms with Gasteiger partial charge in [-0.05, 0) is 19.1 Å². The standard InChI is InChI=1S/C15H22N4O4/c1-10(14(21)18-15(22)16-2)19(3)9-13(20)17-11-6-5-7-12(8-11)23-4/h5-8,10H,9H2,1-4H3,(H,17,20)(H2,16,18,21,22)/p+1/t10-/m1/s1. The van der Waals surface area contributed by atoms with Crippen LogP contribution in [0, 0.1) is 0 Å². The lowest BCUT2D eigenvalue weighted by atomic mass is 10.2. The van der Waals surface area contributed by atoms with E-state index in [9.17, 15) is 14.4 Å². The number of rotatable bonds is 6. The van der Waals surface area contributed by atoms with Gasteiger partial charge >= 0.3 is 6.03 Å². The van der Waals surface area contributed by atoms with Crippen LogP contribution in [-0.2, 0) is 9.59 Å². The minimum Gasteiger partial charge on any atom is -0.497 e. The Hall–Kier alpha value is -2.61. The summed E-state index contributed by atoms with van der Waals surface area (Å²) in [6, 6.07) is 5.87. The maximum Gasteiger partial charge on any atom is 0.321 e. The average Bonchev–Trinajstić information content (AvgIpc) is 2.53. The first-order chi connectivity index (χ1) is 10.9. The smallest absolute Gasteiger partial charge is 0.321 e. The second-order valence-electron chi connectivity index (χ2n) is 5.09. The minimum atomic E-state index is -0.574. The molecule has 0 spiro atoms. The molecule has 1 aromatic rings. The van der Waals surface area contributed by atoms with E-state index in [1.807, 2.05) is 0 Å². The van der Waals surface area contributed by atoms with Crippen molar-refractivity contribution in [2.75, 3.05) is 33.1 Å². The highest BCUT2D eigenvalue weighted by Gasteiger charge is 2.25. The quantitative estimate of drug-likeness (QED) is 0.539. The first-order valence-corrected chi connectivity index (χ1v) is 7.16. The Morgan fingerprint density at radius 3 is 2.61 bits per heavy atom. The van der Waals surface area contributed by atoms with Crippen molar-refractivity contribution in [3.05, 3.63) is 24.3 Å². The lowest BCUT2D eigenvalue weighted by Crippen LogP contribution is -3.15. The Morgan fingerprint density at radius 1 is 1.30 bits per heavy atom. The van der Waals surface area contributed by atoms with E-state index in [1.165, 1.54) is 7.05 Å². The van der Waals surface area contributed by atoms with Crippen molar-refractivity contribution >= 4 is 23.5 Å². The molecule has 0 aliphatic rings. The number of ether oxygens (including phenoxy) is 1. The summed E-state index contributed by atoms with van der Waals surface area (Å²) in [6.07, 6.45) is 0. The van der Waals surface area contributed by atoms with Gasteiger partial charge in [0.05, 0.1) is 14.2 Å². The molecule has 0 aliphatic heterocycles. The molecule has 0 aliphatic carbocycles. The highest BCUT2D eigenvalue weighted by molar-refractivity contribution is 5.96. The molecule has 0 heterocycles. The Kier molecular flexibility index (Phi) is 7.01. The topological polar surface area (TPSA) is 101 Å². The highest BCUT2D eigenvalue weighted by atomic mass is 16.5. The average molecular weight is 323 g/mol. The molecule has 1 aromatic carbocycles. The molecule has 1 unspecified atom stereocenters. The summed E-state index contributed by atoms with van der Waals surface area (Å²) >= 11 is 0. The number of urea groups is 1. The molecule has 8 nitrogen and oxygen atoms in total. The van der Waals surface area contributed by atoms with Crippen LogP contribution in [0.25, 0.3) is 0 Å². The third-order valence-electron chi connectivity index (χ3n) is 3.39. The van der Waals surface area contributed by atoms with Gasteiger partial charge in [-0.3, -0.25) is 14.9 Å². The molecule has 1 rings (SSSR count). The highest BCUT2D eigenvalue weighted by Crippen LogP contribution is 2.16. The van der Waals surface area contributed by atoms with Gasteiger partial charge in [-0.1, -0.05) is 6.07 Å². The molecule has 0 fully saturated rings. The van der Waals surface area contributed by atoms with E-state index >= 15 is 0 Å². The summed E-state index contributed by atoms with van der Waals surface area (Å²) in [5.41, 5.74) is 0.615. The summed E-state index contributed by atoms with van der Waals surface area (Å²) in [5, 5.41) is 7.24. The van der Waals surface area contributed by atoms with E-state index in [0.29, 0.717) is 16.3 Å². The molecule has 0 bridgehead atoms. The molecule has 2 atom stereocenters. The van der Waals surface area contributed by atoms with E-state index in [0.717, 1.165) is 0 Å². The molecule has 0 aromatic heterocycles. The lowest BCUT2D eigenvalue weighted by molar-refractivity contribution is -0.885. The van der Waals surface area contributed by atoms with Crippen molar-refractivity contribution in [1.29, 1.82) is 0 Å². The lowest BCUT2D eigenvalue weighted by Gasteiger charge is -2.20. The summed E-state index contributed by atoms with van der Waals surface area (Å²) in [5.74, 6) is -0.0480. The fourth-order valence-electron chi connectivity index (χ4n) is 1.82. The van der Waals surface area contributed by atoms with Crippen molar-refractivity contribution in [3.8, 4) is 5.75 Å². The Labute approximate surface area is 135 Å². The molecule has 4 N–H and O–H groups in total. The molecule has 126 valence electrons. The van der Waals surface area contributed by atoms with Crippen LogP contribution in [0.4, 0.5) is 10.5 Å². The van der Waals surface area contributed by atoms with Crippen LogP contribution in [0.1, 0.15) is 6.92 Å². The normalized spacial score (nSPS) is 12.7. The maximum absolute atomic E-state index is 12.0. The molecule has 8 heteroatoms. The third-order valence-corrected chi connectivity index (χ3v) is 3.39. The van der Waals surface area contributed by atoms with E-state index in [1.54, 1.807) is 45.3 Å². The number of hydrogen-bond acceptors (Lipinski definition) is 4. The predicted molar refractivity (Wildman–Crippen MR) is 85.4 cm³/mol. The first-order valence-electron chi connectivity index (χ1n) is 7.16. The van der Waals surface area contributed by atoms with Crippen LogP contribution < -0.4 is 25.6 Å². The van der Waals surface area contributed by atoms with Gasteiger partial charge in [-0.15, -0.1) is 0 Å². The number of benzene rings is 1.